The highest BCUT2D eigenvalue weighted by molar-refractivity contribution is 5.96. The summed E-state index contributed by atoms with van der Waals surface area (Å²) in [5.41, 5.74) is 2.77. The first-order valence-electron chi connectivity index (χ1n) is 11.6. The predicted octanol–water partition coefficient (Wildman–Crippen LogP) is 2.38. The van der Waals surface area contributed by atoms with E-state index in [1.54, 1.807) is 36.5 Å². The zero-order valence-electron chi connectivity index (χ0n) is 18.9. The number of aliphatic carboxylic acids is 2. The molecule has 4 N–H and O–H groups in total. The number of anilines is 1. The lowest BCUT2D eigenvalue weighted by atomic mass is 9.82. The lowest BCUT2D eigenvalue weighted by Crippen LogP contribution is -2.49. The normalized spacial score (nSPS) is 20.2. The first-order valence-corrected chi connectivity index (χ1v) is 11.6. The Morgan fingerprint density at radius 3 is 2.69 bits per heavy atom. The van der Waals surface area contributed by atoms with Crippen molar-refractivity contribution in [3.63, 3.8) is 0 Å². The highest BCUT2D eigenvalue weighted by Gasteiger charge is 2.40. The van der Waals surface area contributed by atoms with Crippen molar-refractivity contribution < 1.29 is 24.6 Å². The van der Waals surface area contributed by atoms with Crippen molar-refractivity contribution in [3.05, 3.63) is 64.2 Å². The highest BCUT2D eigenvalue weighted by Crippen LogP contribution is 2.39. The maximum atomic E-state index is 12.5. The number of aromatic amines is 1. The van der Waals surface area contributed by atoms with Crippen molar-refractivity contribution in [2.45, 2.75) is 37.8 Å². The van der Waals surface area contributed by atoms with Crippen molar-refractivity contribution >= 4 is 34.4 Å². The van der Waals surface area contributed by atoms with Crippen LogP contribution in [0.5, 0.6) is 0 Å². The zero-order chi connectivity index (χ0) is 24.7. The second-order valence-corrected chi connectivity index (χ2v) is 9.34. The number of aromatic nitrogens is 2. The van der Waals surface area contributed by atoms with Gasteiger partial charge in [-0.3, -0.25) is 24.1 Å². The number of hydrogen-bond donors (Lipinski definition) is 4. The molecular weight excluding hydrogens is 452 g/mol. The molecule has 10 heteroatoms. The van der Waals surface area contributed by atoms with Crippen LogP contribution >= 0.6 is 0 Å². The Hall–Kier alpha value is -3.92. The van der Waals surface area contributed by atoms with Gasteiger partial charge >= 0.3 is 11.9 Å². The molecule has 1 unspecified atom stereocenters. The molecule has 0 saturated carbocycles. The molecule has 182 valence electrons. The van der Waals surface area contributed by atoms with Crippen molar-refractivity contribution in [1.82, 2.24) is 14.5 Å². The average molecular weight is 479 g/mol. The Kier molecular flexibility index (Phi) is 5.89. The molecule has 1 amide bonds. The first-order chi connectivity index (χ1) is 16.8. The van der Waals surface area contributed by atoms with Gasteiger partial charge in [-0.05, 0) is 30.5 Å². The third-order valence-electron chi connectivity index (χ3n) is 6.97. The molecule has 3 aromatic rings. The Morgan fingerprint density at radius 1 is 1.09 bits per heavy atom. The largest absolute Gasteiger partial charge is 0.481 e. The van der Waals surface area contributed by atoms with Crippen molar-refractivity contribution in [3.8, 4) is 0 Å². The molecule has 1 fully saturated rings. The standard InChI is InChI=1S/C25H26N4O6/c30-21(6-7-23(32)33)27-16-4-5-17-18(10-26-19(17)9-16)24(25(34)35)28-11-14-8-15(13-28)20-2-1-3-22(31)29(20)12-14/h1-5,9-10,14-15,24,26H,6-8,11-13H2,(H,27,30)(H,32,33)(H,34,35)/t14-,15+,24?/m0/s1. The Labute approximate surface area is 200 Å². The summed E-state index contributed by atoms with van der Waals surface area (Å²) in [7, 11) is 0. The lowest BCUT2D eigenvalue weighted by Gasteiger charge is -2.44. The number of benzene rings is 1. The second-order valence-electron chi connectivity index (χ2n) is 9.34. The number of carbonyl (C=O) groups excluding carboxylic acids is 1. The second kappa shape index (κ2) is 9.03. The summed E-state index contributed by atoms with van der Waals surface area (Å²) in [6, 6.07) is 9.60. The van der Waals surface area contributed by atoms with Gasteiger partial charge in [0, 0.05) is 72.1 Å². The third kappa shape index (κ3) is 4.44. The van der Waals surface area contributed by atoms with Gasteiger partial charge in [0.1, 0.15) is 6.04 Å². The van der Waals surface area contributed by atoms with E-state index in [2.05, 4.69) is 10.3 Å². The van der Waals surface area contributed by atoms with E-state index in [4.69, 9.17) is 5.11 Å². The van der Waals surface area contributed by atoms with E-state index in [0.29, 0.717) is 36.4 Å². The van der Waals surface area contributed by atoms with Gasteiger partial charge in [0.2, 0.25) is 5.91 Å². The van der Waals surface area contributed by atoms with Crippen LogP contribution in [0.2, 0.25) is 0 Å². The fourth-order valence-corrected chi connectivity index (χ4v) is 5.53. The van der Waals surface area contributed by atoms with E-state index >= 15 is 0 Å². The van der Waals surface area contributed by atoms with Crippen LogP contribution < -0.4 is 10.9 Å². The molecule has 0 aliphatic carbocycles. The molecule has 2 aliphatic rings. The van der Waals surface area contributed by atoms with Gasteiger partial charge in [0.05, 0.1) is 6.42 Å². The molecule has 35 heavy (non-hydrogen) atoms. The summed E-state index contributed by atoms with van der Waals surface area (Å²) >= 11 is 0. The van der Waals surface area contributed by atoms with Gasteiger partial charge < -0.3 is 25.1 Å². The van der Waals surface area contributed by atoms with Crippen molar-refractivity contribution in [2.75, 3.05) is 18.4 Å². The monoisotopic (exact) mass is 478 g/mol. The van der Waals surface area contributed by atoms with Gasteiger partial charge in [-0.25, -0.2) is 0 Å². The smallest absolute Gasteiger partial charge is 0.325 e. The number of fused-ring (bicyclic) bond motifs is 5. The molecule has 0 radical (unpaired) electrons. The van der Waals surface area contributed by atoms with Gasteiger partial charge in [-0.2, -0.15) is 0 Å². The van der Waals surface area contributed by atoms with Gasteiger partial charge in [0.15, 0.2) is 0 Å². The molecular formula is C25H26N4O6. The fourth-order valence-electron chi connectivity index (χ4n) is 5.53. The van der Waals surface area contributed by atoms with Crippen LogP contribution in [0, 0.1) is 5.92 Å². The quantitative estimate of drug-likeness (QED) is 0.408. The molecule has 1 saturated heterocycles. The molecule has 2 aromatic heterocycles. The minimum atomic E-state index is -1.04. The van der Waals surface area contributed by atoms with Crippen LogP contribution in [0.3, 0.4) is 0 Å². The third-order valence-corrected chi connectivity index (χ3v) is 6.97. The maximum Gasteiger partial charge on any atom is 0.325 e. The van der Waals surface area contributed by atoms with Crippen LogP contribution in [0.25, 0.3) is 10.9 Å². The van der Waals surface area contributed by atoms with Gasteiger partial charge in [-0.1, -0.05) is 12.1 Å². The summed E-state index contributed by atoms with van der Waals surface area (Å²) in [6.45, 7) is 1.72. The molecule has 2 bridgehead atoms. The number of nitrogens with zero attached hydrogens (tertiary/aromatic N) is 2. The number of hydrogen-bond acceptors (Lipinski definition) is 5. The number of pyridine rings is 1. The van der Waals surface area contributed by atoms with E-state index in [1.165, 1.54) is 0 Å². The summed E-state index contributed by atoms with van der Waals surface area (Å²) in [5.74, 6) is -2.10. The number of carbonyl (C=O) groups is 3. The van der Waals surface area contributed by atoms with E-state index in [0.717, 1.165) is 17.5 Å². The van der Waals surface area contributed by atoms with E-state index in [1.807, 2.05) is 15.5 Å². The minimum Gasteiger partial charge on any atom is -0.481 e. The molecule has 3 atom stereocenters. The summed E-state index contributed by atoms with van der Waals surface area (Å²) in [5, 5.41) is 22.4. The van der Waals surface area contributed by atoms with Crippen molar-refractivity contribution in [2.24, 2.45) is 5.92 Å². The number of amides is 1. The lowest BCUT2D eigenvalue weighted by molar-refractivity contribution is -0.145. The Morgan fingerprint density at radius 2 is 1.91 bits per heavy atom. The van der Waals surface area contributed by atoms with Gasteiger partial charge in [-0.15, -0.1) is 0 Å². The van der Waals surface area contributed by atoms with Crippen LogP contribution in [0.15, 0.2) is 47.4 Å². The summed E-state index contributed by atoms with van der Waals surface area (Å²) in [6.07, 6.45) is 2.25. The molecule has 2 aliphatic heterocycles. The number of H-pyrrole nitrogens is 1. The number of nitrogens with one attached hydrogen (secondary N) is 2. The molecule has 4 heterocycles. The molecule has 10 nitrogen and oxygen atoms in total. The topological polar surface area (TPSA) is 145 Å². The van der Waals surface area contributed by atoms with E-state index < -0.39 is 23.9 Å². The van der Waals surface area contributed by atoms with Gasteiger partial charge in [0.25, 0.3) is 5.56 Å². The highest BCUT2D eigenvalue weighted by atomic mass is 16.4. The number of piperidine rings is 1. The molecule has 1 aromatic carbocycles. The summed E-state index contributed by atoms with van der Waals surface area (Å²) < 4.78 is 1.82. The SMILES string of the molecule is O=C(O)CCC(=O)Nc1ccc2c(C(C(=O)O)N3C[C@@H]4C[C@H](C3)c3cccc(=O)n3C4)c[nH]c2c1. The zero-order valence-corrected chi connectivity index (χ0v) is 18.9. The number of carboxylic acids is 2. The number of likely N-dealkylation sites (tertiary alicyclic amines) is 1. The van der Waals surface area contributed by atoms with Crippen LogP contribution in [0.4, 0.5) is 5.69 Å². The van der Waals surface area contributed by atoms with E-state index in [9.17, 15) is 24.3 Å². The minimum absolute atomic E-state index is 0.0112. The maximum absolute atomic E-state index is 12.5. The first kappa shape index (κ1) is 22.9. The Bertz CT molecular complexity index is 1380. The van der Waals surface area contributed by atoms with Crippen LogP contribution in [0.1, 0.15) is 42.5 Å². The van der Waals surface area contributed by atoms with Crippen LogP contribution in [-0.4, -0.2) is 55.6 Å². The summed E-state index contributed by atoms with van der Waals surface area (Å²) in [4.78, 5) is 52.6. The predicted molar refractivity (Wildman–Crippen MR) is 127 cm³/mol. The van der Waals surface area contributed by atoms with Crippen LogP contribution in [-0.2, 0) is 20.9 Å². The fraction of sp³-hybridized carbons (Fsp3) is 0.360. The molecule has 5 rings (SSSR count). The Balaban J connectivity index is 1.40. The van der Waals surface area contributed by atoms with E-state index in [-0.39, 0.29) is 30.2 Å². The molecule has 0 spiro atoms. The number of carboxylic acid groups (broad SMARTS) is 2. The number of rotatable bonds is 7. The average Bonchev–Trinajstić information content (AvgIpc) is 3.21. The van der Waals surface area contributed by atoms with Crippen molar-refractivity contribution in [1.29, 1.82) is 0 Å².